The highest BCUT2D eigenvalue weighted by molar-refractivity contribution is 5.96. The van der Waals surface area contributed by atoms with Crippen molar-refractivity contribution in [3.63, 3.8) is 0 Å². The molecular formula is C10H11NO5. The number of aliphatic carboxylic acids is 1. The molecule has 0 atom stereocenters. The summed E-state index contributed by atoms with van der Waals surface area (Å²) < 4.78 is 9.81. The van der Waals surface area contributed by atoms with Crippen molar-refractivity contribution >= 4 is 11.9 Å². The van der Waals surface area contributed by atoms with Crippen LogP contribution in [-0.4, -0.2) is 30.7 Å². The molecule has 1 aromatic rings. The second-order valence-corrected chi connectivity index (χ2v) is 2.91. The summed E-state index contributed by atoms with van der Waals surface area (Å²) in [6, 6.07) is 4.37. The molecule has 0 saturated heterocycles. The average Bonchev–Trinajstić information content (AvgIpc) is 2.25. The number of primary amides is 1. The number of carbonyl (C=O) groups is 2. The largest absolute Gasteiger partial charge is 0.497 e. The van der Waals surface area contributed by atoms with Crippen molar-refractivity contribution in [2.24, 2.45) is 5.73 Å². The van der Waals surface area contributed by atoms with E-state index in [1.54, 1.807) is 6.07 Å². The zero-order valence-corrected chi connectivity index (χ0v) is 8.60. The zero-order chi connectivity index (χ0) is 12.1. The van der Waals surface area contributed by atoms with Gasteiger partial charge in [-0.15, -0.1) is 0 Å². The number of hydrogen-bond acceptors (Lipinski definition) is 4. The van der Waals surface area contributed by atoms with Crippen LogP contribution in [0.15, 0.2) is 18.2 Å². The summed E-state index contributed by atoms with van der Waals surface area (Å²) in [5.74, 6) is -1.28. The van der Waals surface area contributed by atoms with Gasteiger partial charge in [0.25, 0.3) is 5.91 Å². The molecule has 3 N–H and O–H groups in total. The Morgan fingerprint density at radius 3 is 2.62 bits per heavy atom. The van der Waals surface area contributed by atoms with Crippen molar-refractivity contribution in [1.29, 1.82) is 0 Å². The normalized spacial score (nSPS) is 9.56. The first kappa shape index (κ1) is 11.8. The fraction of sp³-hybridized carbons (Fsp3) is 0.200. The molecule has 1 rings (SSSR count). The van der Waals surface area contributed by atoms with Crippen LogP contribution in [-0.2, 0) is 4.79 Å². The number of carboxylic acid groups (broad SMARTS) is 1. The topological polar surface area (TPSA) is 98.8 Å². The minimum absolute atomic E-state index is 0.0839. The number of methoxy groups -OCH3 is 1. The molecule has 0 aromatic heterocycles. The molecule has 0 bridgehead atoms. The van der Waals surface area contributed by atoms with Gasteiger partial charge >= 0.3 is 5.97 Å². The van der Waals surface area contributed by atoms with E-state index in [-0.39, 0.29) is 11.3 Å². The minimum Gasteiger partial charge on any atom is -0.497 e. The van der Waals surface area contributed by atoms with Gasteiger partial charge in [-0.1, -0.05) is 0 Å². The van der Waals surface area contributed by atoms with Gasteiger partial charge in [0.15, 0.2) is 6.61 Å². The van der Waals surface area contributed by atoms with E-state index < -0.39 is 18.5 Å². The van der Waals surface area contributed by atoms with Crippen LogP contribution < -0.4 is 15.2 Å². The van der Waals surface area contributed by atoms with Gasteiger partial charge in [-0.25, -0.2) is 4.79 Å². The summed E-state index contributed by atoms with van der Waals surface area (Å²) in [5.41, 5.74) is 5.21. The van der Waals surface area contributed by atoms with Crippen molar-refractivity contribution in [2.75, 3.05) is 13.7 Å². The fourth-order valence-electron chi connectivity index (χ4n) is 1.09. The summed E-state index contributed by atoms with van der Waals surface area (Å²) in [6.07, 6.45) is 0. The smallest absolute Gasteiger partial charge is 0.341 e. The molecular weight excluding hydrogens is 214 g/mol. The van der Waals surface area contributed by atoms with Gasteiger partial charge in [0.2, 0.25) is 0 Å². The Kier molecular flexibility index (Phi) is 3.71. The van der Waals surface area contributed by atoms with E-state index in [0.29, 0.717) is 5.75 Å². The van der Waals surface area contributed by atoms with Crippen LogP contribution in [0.2, 0.25) is 0 Å². The Morgan fingerprint density at radius 2 is 2.12 bits per heavy atom. The first-order chi connectivity index (χ1) is 7.54. The van der Waals surface area contributed by atoms with Gasteiger partial charge in [-0.3, -0.25) is 4.79 Å². The quantitative estimate of drug-likeness (QED) is 0.748. The van der Waals surface area contributed by atoms with Gasteiger partial charge in [-0.2, -0.15) is 0 Å². The van der Waals surface area contributed by atoms with Crippen molar-refractivity contribution in [1.82, 2.24) is 0 Å². The van der Waals surface area contributed by atoms with E-state index in [1.807, 2.05) is 0 Å². The third-order valence-corrected chi connectivity index (χ3v) is 1.80. The third-order valence-electron chi connectivity index (χ3n) is 1.80. The van der Waals surface area contributed by atoms with Crippen LogP contribution in [0.5, 0.6) is 11.5 Å². The molecule has 0 radical (unpaired) electrons. The molecule has 0 aliphatic heterocycles. The highest BCUT2D eigenvalue weighted by Gasteiger charge is 2.12. The molecule has 0 spiro atoms. The lowest BCUT2D eigenvalue weighted by Crippen LogP contribution is -2.16. The van der Waals surface area contributed by atoms with Crippen molar-refractivity contribution in [2.45, 2.75) is 0 Å². The summed E-state index contributed by atoms with van der Waals surface area (Å²) in [4.78, 5) is 21.4. The van der Waals surface area contributed by atoms with Gasteiger partial charge in [0, 0.05) is 0 Å². The van der Waals surface area contributed by atoms with Crippen molar-refractivity contribution < 1.29 is 24.2 Å². The SMILES string of the molecule is COc1ccc(OCC(=O)O)c(C(N)=O)c1. The fourth-order valence-corrected chi connectivity index (χ4v) is 1.09. The first-order valence-corrected chi connectivity index (χ1v) is 4.37. The lowest BCUT2D eigenvalue weighted by Gasteiger charge is -2.09. The van der Waals surface area contributed by atoms with Crippen molar-refractivity contribution in [3.8, 4) is 11.5 Å². The van der Waals surface area contributed by atoms with Gasteiger partial charge in [0.1, 0.15) is 11.5 Å². The van der Waals surface area contributed by atoms with Crippen LogP contribution in [0.4, 0.5) is 0 Å². The molecule has 0 saturated carbocycles. The lowest BCUT2D eigenvalue weighted by molar-refractivity contribution is -0.139. The molecule has 6 heteroatoms. The predicted octanol–water partition coefficient (Wildman–Crippen LogP) is 0.257. The number of hydrogen-bond donors (Lipinski definition) is 2. The molecule has 0 heterocycles. The summed E-state index contributed by atoms with van der Waals surface area (Å²) in [6.45, 7) is -0.535. The van der Waals surface area contributed by atoms with Crippen LogP contribution in [0, 0.1) is 0 Å². The number of benzene rings is 1. The summed E-state index contributed by atoms with van der Waals surface area (Å²) in [5, 5.41) is 8.44. The maximum atomic E-state index is 11.1. The molecule has 6 nitrogen and oxygen atoms in total. The predicted molar refractivity (Wildman–Crippen MR) is 54.6 cm³/mol. The lowest BCUT2D eigenvalue weighted by atomic mass is 10.2. The maximum Gasteiger partial charge on any atom is 0.341 e. The monoisotopic (exact) mass is 225 g/mol. The van der Waals surface area contributed by atoms with Crippen LogP contribution >= 0.6 is 0 Å². The molecule has 0 unspecified atom stereocenters. The van der Waals surface area contributed by atoms with Gasteiger partial charge in [0.05, 0.1) is 12.7 Å². The first-order valence-electron chi connectivity index (χ1n) is 4.37. The van der Waals surface area contributed by atoms with E-state index in [9.17, 15) is 9.59 Å². The second-order valence-electron chi connectivity index (χ2n) is 2.91. The number of carboxylic acids is 1. The molecule has 16 heavy (non-hydrogen) atoms. The summed E-state index contributed by atoms with van der Waals surface area (Å²) >= 11 is 0. The Balaban J connectivity index is 2.98. The molecule has 0 aliphatic rings. The molecule has 1 aromatic carbocycles. The minimum atomic E-state index is -1.13. The van der Waals surface area contributed by atoms with E-state index in [1.165, 1.54) is 19.2 Å². The Morgan fingerprint density at radius 1 is 1.44 bits per heavy atom. The highest BCUT2D eigenvalue weighted by atomic mass is 16.5. The van der Waals surface area contributed by atoms with E-state index in [0.717, 1.165) is 0 Å². The number of nitrogens with two attached hydrogens (primary N) is 1. The van der Waals surface area contributed by atoms with Gasteiger partial charge in [-0.05, 0) is 18.2 Å². The Labute approximate surface area is 91.6 Å². The molecule has 0 aliphatic carbocycles. The van der Waals surface area contributed by atoms with E-state index >= 15 is 0 Å². The number of rotatable bonds is 5. The standard InChI is InChI=1S/C10H11NO5/c1-15-6-2-3-8(16-5-9(12)13)7(4-6)10(11)14/h2-4H,5H2,1H3,(H2,11,14)(H,12,13). The van der Waals surface area contributed by atoms with Crippen LogP contribution in [0.25, 0.3) is 0 Å². The maximum absolute atomic E-state index is 11.1. The van der Waals surface area contributed by atoms with Crippen molar-refractivity contribution in [3.05, 3.63) is 23.8 Å². The highest BCUT2D eigenvalue weighted by Crippen LogP contribution is 2.23. The number of carbonyl (C=O) groups excluding carboxylic acids is 1. The molecule has 86 valence electrons. The molecule has 1 amide bonds. The third kappa shape index (κ3) is 2.88. The Hall–Kier alpha value is -2.24. The number of ether oxygens (including phenoxy) is 2. The average molecular weight is 225 g/mol. The van der Waals surface area contributed by atoms with Crippen LogP contribution in [0.3, 0.4) is 0 Å². The zero-order valence-electron chi connectivity index (χ0n) is 8.60. The van der Waals surface area contributed by atoms with E-state index in [4.69, 9.17) is 20.3 Å². The summed E-state index contributed by atoms with van der Waals surface area (Å²) in [7, 11) is 1.44. The number of amides is 1. The van der Waals surface area contributed by atoms with Gasteiger partial charge < -0.3 is 20.3 Å². The van der Waals surface area contributed by atoms with E-state index in [2.05, 4.69) is 0 Å². The molecule has 0 fully saturated rings. The van der Waals surface area contributed by atoms with Crippen LogP contribution in [0.1, 0.15) is 10.4 Å². The Bertz CT molecular complexity index is 416. The second kappa shape index (κ2) is 5.01.